The van der Waals surface area contributed by atoms with Gasteiger partial charge in [0.15, 0.2) is 5.78 Å². The molecule has 0 unspecified atom stereocenters. The lowest BCUT2D eigenvalue weighted by molar-refractivity contribution is -0.116. The molecule has 2 aliphatic rings. The average molecular weight is 369 g/mol. The van der Waals surface area contributed by atoms with Crippen LogP contribution in [-0.2, 0) is 4.79 Å². The second-order valence-electron chi connectivity index (χ2n) is 7.81. The minimum atomic E-state index is -0.0526. The number of Topliss-reactive ketones (excluding diaryl/α,β-unsaturated/α-hetero) is 1. The Morgan fingerprint density at radius 1 is 1.04 bits per heavy atom. The Morgan fingerprint density at radius 2 is 1.86 bits per heavy atom. The minimum Gasteiger partial charge on any atom is -0.378 e. The van der Waals surface area contributed by atoms with E-state index in [9.17, 15) is 4.79 Å². The van der Waals surface area contributed by atoms with E-state index < -0.39 is 0 Å². The molecule has 0 saturated heterocycles. The number of hydrogen-bond donors (Lipinski definition) is 1. The maximum Gasteiger partial charge on any atom is 0.161 e. The zero-order valence-electron chi connectivity index (χ0n) is 16.2. The molecule has 28 heavy (non-hydrogen) atoms. The maximum atomic E-state index is 13.0. The van der Waals surface area contributed by atoms with Crippen LogP contribution in [0.3, 0.4) is 0 Å². The van der Waals surface area contributed by atoms with E-state index in [0.717, 1.165) is 57.5 Å². The summed E-state index contributed by atoms with van der Waals surface area (Å²) >= 11 is 0. The van der Waals surface area contributed by atoms with Crippen LogP contribution in [0.15, 0.2) is 66.0 Å². The lowest BCUT2D eigenvalue weighted by atomic mass is 9.74. The second-order valence-corrected chi connectivity index (χ2v) is 7.81. The number of aromatic nitrogens is 1. The molecule has 4 heteroatoms. The Bertz CT molecular complexity index is 1110. The van der Waals surface area contributed by atoms with Gasteiger partial charge in [-0.25, -0.2) is 0 Å². The van der Waals surface area contributed by atoms with Crippen molar-refractivity contribution in [3.05, 3.63) is 77.1 Å². The third kappa shape index (κ3) is 2.60. The molecule has 1 atom stereocenters. The number of nitrogens with one attached hydrogen (secondary N) is 1. The van der Waals surface area contributed by atoms with E-state index in [1.807, 2.05) is 26.4 Å². The summed E-state index contributed by atoms with van der Waals surface area (Å²) in [6.45, 7) is 0. The van der Waals surface area contributed by atoms with Gasteiger partial charge in [-0.05, 0) is 54.3 Å². The third-order valence-corrected chi connectivity index (χ3v) is 5.89. The maximum absolute atomic E-state index is 13.0. The molecular weight excluding hydrogens is 346 g/mol. The number of hydrogen-bond acceptors (Lipinski definition) is 4. The number of fused-ring (bicyclic) bond motifs is 3. The zero-order valence-corrected chi connectivity index (χ0v) is 16.2. The van der Waals surface area contributed by atoms with Crippen LogP contribution in [0.1, 0.15) is 36.3 Å². The summed E-state index contributed by atoms with van der Waals surface area (Å²) in [5, 5.41) is 4.68. The first kappa shape index (κ1) is 17.0. The van der Waals surface area contributed by atoms with Gasteiger partial charge in [0.25, 0.3) is 0 Å². The van der Waals surface area contributed by atoms with Crippen molar-refractivity contribution < 1.29 is 4.79 Å². The molecule has 4 nitrogen and oxygen atoms in total. The predicted molar refractivity (Wildman–Crippen MR) is 114 cm³/mol. The summed E-state index contributed by atoms with van der Waals surface area (Å²) in [5.74, 6) is 0.213. The molecule has 1 aliphatic heterocycles. The van der Waals surface area contributed by atoms with Gasteiger partial charge >= 0.3 is 0 Å². The lowest BCUT2D eigenvalue weighted by Crippen LogP contribution is -2.27. The fourth-order valence-electron chi connectivity index (χ4n) is 4.53. The van der Waals surface area contributed by atoms with Gasteiger partial charge in [-0.3, -0.25) is 9.78 Å². The number of carbonyl (C=O) groups is 1. The Balaban J connectivity index is 1.77. The van der Waals surface area contributed by atoms with Crippen molar-refractivity contribution in [2.75, 3.05) is 24.3 Å². The second kappa shape index (κ2) is 6.48. The summed E-state index contributed by atoms with van der Waals surface area (Å²) in [4.78, 5) is 19.6. The van der Waals surface area contributed by atoms with Crippen molar-refractivity contribution in [3.63, 3.8) is 0 Å². The van der Waals surface area contributed by atoms with Crippen molar-refractivity contribution in [1.82, 2.24) is 4.98 Å². The normalized spacial score (nSPS) is 18.5. The SMILES string of the molecule is CN(C)c1ccc([C@@H]2C3=C(CCCC3=O)Nc3ccc4ncccc4c32)cc1. The number of rotatable bonds is 2. The summed E-state index contributed by atoms with van der Waals surface area (Å²) < 4.78 is 0. The number of anilines is 2. The Morgan fingerprint density at radius 3 is 2.64 bits per heavy atom. The minimum absolute atomic E-state index is 0.0526. The molecule has 0 amide bonds. The van der Waals surface area contributed by atoms with Crippen molar-refractivity contribution in [1.29, 1.82) is 0 Å². The van der Waals surface area contributed by atoms with Crippen molar-refractivity contribution in [3.8, 4) is 0 Å². The van der Waals surface area contributed by atoms with Crippen LogP contribution >= 0.6 is 0 Å². The highest BCUT2D eigenvalue weighted by atomic mass is 16.1. The Hall–Kier alpha value is -3.14. The number of pyridine rings is 1. The number of benzene rings is 2. The van der Waals surface area contributed by atoms with Crippen LogP contribution in [0.5, 0.6) is 0 Å². The smallest absolute Gasteiger partial charge is 0.161 e. The fourth-order valence-corrected chi connectivity index (χ4v) is 4.53. The third-order valence-electron chi connectivity index (χ3n) is 5.89. The number of carbonyl (C=O) groups excluding carboxylic acids is 1. The van der Waals surface area contributed by atoms with Crippen LogP contribution < -0.4 is 10.2 Å². The van der Waals surface area contributed by atoms with Crippen molar-refractivity contribution >= 4 is 28.1 Å². The highest BCUT2D eigenvalue weighted by Crippen LogP contribution is 2.47. The fraction of sp³-hybridized carbons (Fsp3) is 0.250. The van der Waals surface area contributed by atoms with E-state index in [1.54, 1.807) is 0 Å². The zero-order chi connectivity index (χ0) is 19.3. The highest BCUT2D eigenvalue weighted by Gasteiger charge is 2.36. The molecule has 3 aromatic rings. The first-order chi connectivity index (χ1) is 13.6. The number of ketones is 1. The molecule has 1 aliphatic carbocycles. The molecule has 2 aromatic carbocycles. The van der Waals surface area contributed by atoms with Gasteiger partial charge < -0.3 is 10.2 Å². The molecule has 0 bridgehead atoms. The molecule has 0 spiro atoms. The largest absolute Gasteiger partial charge is 0.378 e. The van der Waals surface area contributed by atoms with Gasteiger partial charge in [0.2, 0.25) is 0 Å². The van der Waals surface area contributed by atoms with Crippen LogP contribution in [0.25, 0.3) is 10.9 Å². The number of allylic oxidation sites excluding steroid dienone is 2. The molecular formula is C24H23N3O. The van der Waals surface area contributed by atoms with E-state index in [2.05, 4.69) is 57.7 Å². The van der Waals surface area contributed by atoms with Crippen molar-refractivity contribution in [2.45, 2.75) is 25.2 Å². The lowest BCUT2D eigenvalue weighted by Gasteiger charge is -2.35. The number of nitrogens with zero attached hydrogens (tertiary/aromatic N) is 2. The van der Waals surface area contributed by atoms with E-state index in [0.29, 0.717) is 6.42 Å². The monoisotopic (exact) mass is 369 g/mol. The summed E-state index contributed by atoms with van der Waals surface area (Å²) in [7, 11) is 4.08. The van der Waals surface area contributed by atoms with Gasteiger partial charge in [0.05, 0.1) is 5.52 Å². The van der Waals surface area contributed by atoms with E-state index >= 15 is 0 Å². The van der Waals surface area contributed by atoms with E-state index in [-0.39, 0.29) is 11.7 Å². The highest BCUT2D eigenvalue weighted by molar-refractivity contribution is 6.03. The Kier molecular flexibility index (Phi) is 3.93. The molecule has 1 N–H and O–H groups in total. The molecule has 2 heterocycles. The van der Waals surface area contributed by atoms with Gasteiger partial charge in [0.1, 0.15) is 0 Å². The average Bonchev–Trinajstić information content (AvgIpc) is 2.72. The van der Waals surface area contributed by atoms with Crippen LogP contribution in [0, 0.1) is 0 Å². The quantitative estimate of drug-likeness (QED) is 0.700. The Labute approximate surface area is 164 Å². The van der Waals surface area contributed by atoms with Gasteiger partial charge in [-0.2, -0.15) is 0 Å². The standard InChI is InChI=1S/C24H23N3O/c1-27(2)16-10-8-15(9-11-16)22-23-17-5-4-14-25-18(17)12-13-20(23)26-19-6-3-7-21(28)24(19)22/h4-5,8-14,22,26H,3,6-7H2,1-2H3/t22-/m0/s1. The first-order valence-corrected chi connectivity index (χ1v) is 9.81. The molecule has 5 rings (SSSR count). The van der Waals surface area contributed by atoms with Crippen LogP contribution in [0.4, 0.5) is 11.4 Å². The molecule has 0 radical (unpaired) electrons. The van der Waals surface area contributed by atoms with Gasteiger partial charge in [-0.1, -0.05) is 18.2 Å². The summed E-state index contributed by atoms with van der Waals surface area (Å²) in [5.41, 5.74) is 7.56. The molecule has 1 aromatic heterocycles. The summed E-state index contributed by atoms with van der Waals surface area (Å²) in [6.07, 6.45) is 4.30. The molecule has 0 fully saturated rings. The van der Waals surface area contributed by atoms with Crippen molar-refractivity contribution in [2.24, 2.45) is 0 Å². The van der Waals surface area contributed by atoms with E-state index in [1.165, 1.54) is 0 Å². The predicted octanol–water partition coefficient (Wildman–Crippen LogP) is 4.87. The summed E-state index contributed by atoms with van der Waals surface area (Å²) in [6, 6.07) is 16.8. The first-order valence-electron chi connectivity index (χ1n) is 9.81. The van der Waals surface area contributed by atoms with Crippen LogP contribution in [0.2, 0.25) is 0 Å². The molecule has 140 valence electrons. The van der Waals surface area contributed by atoms with Crippen LogP contribution in [-0.4, -0.2) is 24.9 Å². The molecule has 0 saturated carbocycles. The van der Waals surface area contributed by atoms with Gasteiger partial charge in [-0.15, -0.1) is 0 Å². The topological polar surface area (TPSA) is 45.2 Å². The van der Waals surface area contributed by atoms with Gasteiger partial charge in [0, 0.05) is 60.7 Å². The van der Waals surface area contributed by atoms with E-state index in [4.69, 9.17) is 0 Å².